The van der Waals surface area contributed by atoms with Crippen molar-refractivity contribution in [2.24, 2.45) is 0 Å². The average Bonchev–Trinajstić information content (AvgIpc) is 2.77. The largest absolute Gasteiger partial charge is 0.497 e. The lowest BCUT2D eigenvalue weighted by molar-refractivity contribution is -0.130. The average molecular weight is 416 g/mol. The SMILES string of the molecule is COc1cccc(N2CCN(C(=O)CNS(=O)(=O)/C=C/c3ccccc3)CC2)c1. The fourth-order valence-corrected chi connectivity index (χ4v) is 3.83. The van der Waals surface area contributed by atoms with Crippen LogP contribution in [0.25, 0.3) is 6.08 Å². The molecular weight excluding hydrogens is 390 g/mol. The van der Waals surface area contributed by atoms with Gasteiger partial charge in [-0.1, -0.05) is 36.4 Å². The number of hydrogen-bond acceptors (Lipinski definition) is 5. The summed E-state index contributed by atoms with van der Waals surface area (Å²) in [5, 5.41) is 1.08. The molecule has 0 unspecified atom stereocenters. The number of ether oxygens (including phenoxy) is 1. The Morgan fingerprint density at radius 2 is 1.79 bits per heavy atom. The first-order valence-corrected chi connectivity index (χ1v) is 10.9. The maximum atomic E-state index is 12.4. The number of carbonyl (C=O) groups is 1. The van der Waals surface area contributed by atoms with Gasteiger partial charge in [-0.2, -0.15) is 0 Å². The number of rotatable bonds is 7. The molecule has 8 heteroatoms. The normalized spacial score (nSPS) is 14.9. The predicted octanol–water partition coefficient (Wildman–Crippen LogP) is 1.93. The van der Waals surface area contributed by atoms with Crippen molar-refractivity contribution in [2.75, 3.05) is 44.7 Å². The fraction of sp³-hybridized carbons (Fsp3) is 0.286. The molecule has 0 spiro atoms. The first-order valence-electron chi connectivity index (χ1n) is 9.36. The van der Waals surface area contributed by atoms with Gasteiger partial charge in [0.15, 0.2) is 0 Å². The van der Waals surface area contributed by atoms with Crippen LogP contribution in [0.15, 0.2) is 60.0 Å². The van der Waals surface area contributed by atoms with Crippen LogP contribution in [0, 0.1) is 0 Å². The van der Waals surface area contributed by atoms with Gasteiger partial charge in [0.1, 0.15) is 5.75 Å². The molecule has 0 atom stereocenters. The van der Waals surface area contributed by atoms with E-state index in [4.69, 9.17) is 4.74 Å². The van der Waals surface area contributed by atoms with E-state index >= 15 is 0 Å². The molecule has 1 aliphatic heterocycles. The molecule has 154 valence electrons. The summed E-state index contributed by atoms with van der Waals surface area (Å²) >= 11 is 0. The smallest absolute Gasteiger partial charge is 0.237 e. The van der Waals surface area contributed by atoms with Crippen molar-refractivity contribution in [3.8, 4) is 5.75 Å². The summed E-state index contributed by atoms with van der Waals surface area (Å²) < 4.78 is 31.8. The first-order chi connectivity index (χ1) is 14.0. The molecule has 0 aromatic heterocycles. The molecule has 1 heterocycles. The summed E-state index contributed by atoms with van der Waals surface area (Å²) in [5.74, 6) is 0.561. The number of amides is 1. The third kappa shape index (κ3) is 6.07. The molecule has 1 saturated heterocycles. The lowest BCUT2D eigenvalue weighted by Gasteiger charge is -2.36. The van der Waals surface area contributed by atoms with Crippen molar-refractivity contribution in [2.45, 2.75) is 0 Å². The molecule has 29 heavy (non-hydrogen) atoms. The van der Waals surface area contributed by atoms with Gasteiger partial charge in [0.25, 0.3) is 0 Å². The second-order valence-electron chi connectivity index (χ2n) is 6.65. The van der Waals surface area contributed by atoms with Gasteiger partial charge < -0.3 is 14.5 Å². The van der Waals surface area contributed by atoms with Crippen molar-refractivity contribution in [1.82, 2.24) is 9.62 Å². The van der Waals surface area contributed by atoms with E-state index in [0.29, 0.717) is 26.2 Å². The maximum absolute atomic E-state index is 12.4. The second kappa shape index (κ2) is 9.58. The van der Waals surface area contributed by atoms with Crippen LogP contribution in [-0.4, -0.2) is 59.1 Å². The topological polar surface area (TPSA) is 79.0 Å². The summed E-state index contributed by atoms with van der Waals surface area (Å²) in [7, 11) is -2.05. The van der Waals surface area contributed by atoms with Crippen molar-refractivity contribution in [3.05, 3.63) is 65.6 Å². The number of nitrogens with zero attached hydrogens (tertiary/aromatic N) is 2. The van der Waals surface area contributed by atoms with Gasteiger partial charge in [0.05, 0.1) is 13.7 Å². The second-order valence-corrected chi connectivity index (χ2v) is 8.30. The van der Waals surface area contributed by atoms with E-state index < -0.39 is 10.0 Å². The first kappa shape index (κ1) is 20.9. The Morgan fingerprint density at radius 1 is 1.07 bits per heavy atom. The lowest BCUT2D eigenvalue weighted by Crippen LogP contribution is -2.51. The molecule has 0 radical (unpaired) electrons. The zero-order chi connectivity index (χ0) is 20.7. The maximum Gasteiger partial charge on any atom is 0.237 e. The Hall–Kier alpha value is -2.84. The number of piperazine rings is 1. The van der Waals surface area contributed by atoms with Gasteiger partial charge in [-0.3, -0.25) is 4.79 Å². The summed E-state index contributed by atoms with van der Waals surface area (Å²) in [4.78, 5) is 16.3. The Bertz CT molecular complexity index is 953. The minimum Gasteiger partial charge on any atom is -0.497 e. The Balaban J connectivity index is 1.48. The molecule has 2 aromatic rings. The monoisotopic (exact) mass is 415 g/mol. The van der Waals surface area contributed by atoms with Gasteiger partial charge >= 0.3 is 0 Å². The van der Waals surface area contributed by atoms with E-state index in [1.54, 1.807) is 24.1 Å². The van der Waals surface area contributed by atoms with Crippen LogP contribution in [0.1, 0.15) is 5.56 Å². The summed E-state index contributed by atoms with van der Waals surface area (Å²) in [6, 6.07) is 16.9. The van der Waals surface area contributed by atoms with Gasteiger partial charge in [0, 0.05) is 43.3 Å². The van der Waals surface area contributed by atoms with Crippen molar-refractivity contribution < 1.29 is 17.9 Å². The lowest BCUT2D eigenvalue weighted by atomic mass is 10.2. The number of nitrogens with one attached hydrogen (secondary N) is 1. The Morgan fingerprint density at radius 3 is 2.48 bits per heavy atom. The minimum atomic E-state index is -3.68. The molecule has 7 nitrogen and oxygen atoms in total. The highest BCUT2D eigenvalue weighted by molar-refractivity contribution is 7.92. The van der Waals surface area contributed by atoms with E-state index in [0.717, 1.165) is 22.4 Å². The molecule has 0 bridgehead atoms. The minimum absolute atomic E-state index is 0.230. The molecule has 1 aliphatic rings. The van der Waals surface area contributed by atoms with E-state index in [1.165, 1.54) is 6.08 Å². The summed E-state index contributed by atoms with van der Waals surface area (Å²) in [5.41, 5.74) is 1.82. The Kier molecular flexibility index (Phi) is 6.90. The van der Waals surface area contributed by atoms with Crippen LogP contribution >= 0.6 is 0 Å². The van der Waals surface area contributed by atoms with E-state index in [1.807, 2.05) is 42.5 Å². The molecule has 1 fully saturated rings. The molecule has 1 N–H and O–H groups in total. The zero-order valence-electron chi connectivity index (χ0n) is 16.3. The standard InChI is InChI=1S/C21H25N3O4S/c1-28-20-9-5-8-19(16-20)23-11-13-24(14-12-23)21(25)17-22-29(26,27)15-10-18-6-3-2-4-7-18/h2-10,15-16,22H,11-14,17H2,1H3/b15-10+. The number of methoxy groups -OCH3 is 1. The highest BCUT2D eigenvalue weighted by atomic mass is 32.2. The number of benzene rings is 2. The van der Waals surface area contributed by atoms with E-state index in [2.05, 4.69) is 9.62 Å². The number of sulfonamides is 1. The van der Waals surface area contributed by atoms with Gasteiger partial charge in [-0.15, -0.1) is 0 Å². The quantitative estimate of drug-likeness (QED) is 0.748. The number of anilines is 1. The molecular formula is C21H25N3O4S. The third-order valence-electron chi connectivity index (χ3n) is 4.71. The molecule has 3 rings (SSSR count). The van der Waals surface area contributed by atoms with Crippen LogP contribution in [0.4, 0.5) is 5.69 Å². The zero-order valence-corrected chi connectivity index (χ0v) is 17.1. The number of hydrogen-bond donors (Lipinski definition) is 1. The molecule has 1 amide bonds. The van der Waals surface area contributed by atoms with Crippen LogP contribution < -0.4 is 14.4 Å². The summed E-state index contributed by atoms with van der Waals surface area (Å²) in [6.07, 6.45) is 1.50. The van der Waals surface area contributed by atoms with E-state index in [-0.39, 0.29) is 12.5 Å². The van der Waals surface area contributed by atoms with Crippen LogP contribution in [0.5, 0.6) is 5.75 Å². The van der Waals surface area contributed by atoms with Crippen molar-refractivity contribution >= 4 is 27.7 Å². The van der Waals surface area contributed by atoms with Crippen molar-refractivity contribution in [1.29, 1.82) is 0 Å². The van der Waals surface area contributed by atoms with Gasteiger partial charge in [0.2, 0.25) is 15.9 Å². The van der Waals surface area contributed by atoms with Crippen molar-refractivity contribution in [3.63, 3.8) is 0 Å². The highest BCUT2D eigenvalue weighted by Crippen LogP contribution is 2.22. The van der Waals surface area contributed by atoms with Crippen LogP contribution in [-0.2, 0) is 14.8 Å². The van der Waals surface area contributed by atoms with Crippen LogP contribution in [0.2, 0.25) is 0 Å². The predicted molar refractivity (Wildman–Crippen MR) is 114 cm³/mol. The molecule has 2 aromatic carbocycles. The highest BCUT2D eigenvalue weighted by Gasteiger charge is 2.22. The van der Waals surface area contributed by atoms with Crippen LogP contribution in [0.3, 0.4) is 0 Å². The van der Waals surface area contributed by atoms with E-state index in [9.17, 15) is 13.2 Å². The van der Waals surface area contributed by atoms with Gasteiger partial charge in [-0.25, -0.2) is 13.1 Å². The molecule has 0 saturated carbocycles. The summed E-state index contributed by atoms with van der Waals surface area (Å²) in [6.45, 7) is 2.19. The fourth-order valence-electron chi connectivity index (χ4n) is 3.08. The third-order valence-corrected chi connectivity index (χ3v) is 5.76. The van der Waals surface area contributed by atoms with Gasteiger partial charge in [-0.05, 0) is 23.8 Å². The number of carbonyl (C=O) groups excluding carboxylic acids is 1. The molecule has 0 aliphatic carbocycles. The Labute approximate surface area is 171 Å².